The van der Waals surface area contributed by atoms with Crippen molar-refractivity contribution < 1.29 is 14.7 Å². The van der Waals surface area contributed by atoms with Gasteiger partial charge >= 0.3 is 0 Å². The number of carbonyl (C=O) groups is 1. The molecule has 0 spiro atoms. The topological polar surface area (TPSA) is 114 Å². The molecule has 0 saturated heterocycles. The van der Waals surface area contributed by atoms with Gasteiger partial charge in [0.15, 0.2) is 6.61 Å². The SMILES string of the molecule is CC(C)(C)/C(Cn1cncn1)=N/OCC(=O)N/N=C/c1cc(Br)cc(Br)c1O. The lowest BCUT2D eigenvalue weighted by atomic mass is 9.90. The van der Waals surface area contributed by atoms with Gasteiger partial charge < -0.3 is 9.94 Å². The van der Waals surface area contributed by atoms with Gasteiger partial charge in [-0.25, -0.2) is 15.1 Å². The molecule has 9 nitrogen and oxygen atoms in total. The highest BCUT2D eigenvalue weighted by Gasteiger charge is 2.21. The minimum atomic E-state index is -0.484. The number of benzene rings is 1. The molecule has 0 radical (unpaired) electrons. The first-order valence-electron chi connectivity index (χ1n) is 8.18. The Balaban J connectivity index is 1.91. The maximum Gasteiger partial charge on any atom is 0.280 e. The van der Waals surface area contributed by atoms with Crippen LogP contribution in [0.1, 0.15) is 26.3 Å². The highest BCUT2D eigenvalue weighted by atomic mass is 79.9. The second kappa shape index (κ2) is 9.78. The summed E-state index contributed by atoms with van der Waals surface area (Å²) in [6.45, 7) is 6.06. The second-order valence-corrected chi connectivity index (χ2v) is 8.54. The molecule has 1 heterocycles. The summed E-state index contributed by atoms with van der Waals surface area (Å²) in [7, 11) is 0. The zero-order valence-corrected chi connectivity index (χ0v) is 18.7. The Kier molecular flexibility index (Phi) is 7.69. The number of phenols is 1. The van der Waals surface area contributed by atoms with Crippen LogP contribution in [-0.4, -0.2) is 44.3 Å². The van der Waals surface area contributed by atoms with Crippen molar-refractivity contribution in [3.63, 3.8) is 0 Å². The number of aromatic hydroxyl groups is 1. The van der Waals surface area contributed by atoms with E-state index in [1.807, 2.05) is 20.8 Å². The molecule has 0 aliphatic carbocycles. The number of phenolic OH excluding ortho intramolecular Hbond substituents is 1. The molecule has 1 aromatic heterocycles. The van der Waals surface area contributed by atoms with E-state index in [-0.39, 0.29) is 17.8 Å². The molecule has 0 aliphatic heterocycles. The van der Waals surface area contributed by atoms with Gasteiger partial charge in [0.05, 0.1) is 22.9 Å². The third kappa shape index (κ3) is 6.71. The van der Waals surface area contributed by atoms with E-state index in [0.29, 0.717) is 22.3 Å². The third-order valence-corrected chi connectivity index (χ3v) is 4.53. The van der Waals surface area contributed by atoms with Crippen molar-refractivity contribution in [3.8, 4) is 5.75 Å². The summed E-state index contributed by atoms with van der Waals surface area (Å²) in [5.74, 6) is -0.465. The first-order valence-corrected chi connectivity index (χ1v) is 9.77. The van der Waals surface area contributed by atoms with Crippen LogP contribution in [0, 0.1) is 5.41 Å². The number of aromatic nitrogens is 3. The Morgan fingerprint density at radius 3 is 2.79 bits per heavy atom. The molecular formula is C17H20Br2N6O3. The van der Waals surface area contributed by atoms with Gasteiger partial charge in [-0.15, -0.1) is 0 Å². The van der Waals surface area contributed by atoms with Gasteiger partial charge in [0, 0.05) is 15.5 Å². The second-order valence-electron chi connectivity index (χ2n) is 6.77. The summed E-state index contributed by atoms with van der Waals surface area (Å²) in [5, 5.41) is 21.9. The minimum Gasteiger partial charge on any atom is -0.506 e. The van der Waals surface area contributed by atoms with Crippen molar-refractivity contribution in [2.24, 2.45) is 15.7 Å². The molecule has 1 amide bonds. The van der Waals surface area contributed by atoms with Gasteiger partial charge in [0.2, 0.25) is 0 Å². The highest BCUT2D eigenvalue weighted by Crippen LogP contribution is 2.30. The Bertz CT molecular complexity index is 876. The molecule has 150 valence electrons. The summed E-state index contributed by atoms with van der Waals surface area (Å²) in [6.07, 6.45) is 4.35. The molecule has 11 heteroatoms. The van der Waals surface area contributed by atoms with Gasteiger partial charge in [0.1, 0.15) is 18.4 Å². The van der Waals surface area contributed by atoms with Crippen molar-refractivity contribution in [2.75, 3.05) is 6.61 Å². The molecule has 2 rings (SSSR count). The molecule has 2 aromatic rings. The smallest absolute Gasteiger partial charge is 0.280 e. The number of hydrogen-bond donors (Lipinski definition) is 2. The molecular weight excluding hydrogens is 496 g/mol. The number of rotatable bonds is 7. The van der Waals surface area contributed by atoms with Crippen LogP contribution in [0.5, 0.6) is 5.75 Å². The maximum atomic E-state index is 11.9. The first-order chi connectivity index (χ1) is 13.2. The third-order valence-electron chi connectivity index (χ3n) is 3.47. The first kappa shape index (κ1) is 22.0. The van der Waals surface area contributed by atoms with Crippen LogP contribution < -0.4 is 5.43 Å². The summed E-state index contributed by atoms with van der Waals surface area (Å²) in [4.78, 5) is 20.9. The average Bonchev–Trinajstić information content (AvgIpc) is 3.10. The molecule has 2 N–H and O–H groups in total. The van der Waals surface area contributed by atoms with Crippen molar-refractivity contribution in [1.82, 2.24) is 20.2 Å². The number of amides is 1. The van der Waals surface area contributed by atoms with Crippen molar-refractivity contribution >= 4 is 49.7 Å². The van der Waals surface area contributed by atoms with E-state index in [1.54, 1.807) is 23.1 Å². The number of halogens is 2. The van der Waals surface area contributed by atoms with Gasteiger partial charge in [0.25, 0.3) is 5.91 Å². The summed E-state index contributed by atoms with van der Waals surface area (Å²) in [6, 6.07) is 3.36. The number of nitrogens with one attached hydrogen (secondary N) is 1. The number of hydrazone groups is 1. The van der Waals surface area contributed by atoms with Crippen molar-refractivity contribution in [1.29, 1.82) is 0 Å². The summed E-state index contributed by atoms with van der Waals surface area (Å²) in [5.41, 5.74) is 3.19. The van der Waals surface area contributed by atoms with E-state index in [0.717, 1.165) is 4.47 Å². The van der Waals surface area contributed by atoms with E-state index >= 15 is 0 Å². The number of carbonyl (C=O) groups excluding carboxylic acids is 1. The fourth-order valence-corrected chi connectivity index (χ4v) is 3.19. The lowest BCUT2D eigenvalue weighted by Gasteiger charge is -2.20. The number of nitrogens with zero attached hydrogens (tertiary/aromatic N) is 5. The highest BCUT2D eigenvalue weighted by molar-refractivity contribution is 9.11. The molecule has 0 unspecified atom stereocenters. The van der Waals surface area contributed by atoms with E-state index in [9.17, 15) is 9.90 Å². The van der Waals surface area contributed by atoms with Crippen LogP contribution in [0.15, 0.2) is 44.0 Å². The van der Waals surface area contributed by atoms with Crippen LogP contribution in [0.2, 0.25) is 0 Å². The molecule has 1 aromatic carbocycles. The van der Waals surface area contributed by atoms with Crippen LogP contribution in [0.25, 0.3) is 0 Å². The fourth-order valence-electron chi connectivity index (χ4n) is 1.93. The van der Waals surface area contributed by atoms with Crippen molar-refractivity contribution in [2.45, 2.75) is 27.3 Å². The maximum absolute atomic E-state index is 11.9. The van der Waals surface area contributed by atoms with Gasteiger partial charge in [-0.1, -0.05) is 41.9 Å². The quantitative estimate of drug-likeness (QED) is 0.434. The molecule has 28 heavy (non-hydrogen) atoms. The van der Waals surface area contributed by atoms with E-state index < -0.39 is 5.91 Å². The van der Waals surface area contributed by atoms with E-state index in [2.05, 4.69) is 57.6 Å². The standard InChI is InChI=1S/C17H20Br2N6O3/c1-17(2,3)14(7-25-10-20-9-22-25)24-28-8-15(26)23-21-6-11-4-12(18)5-13(19)16(11)27/h4-6,9-10,27H,7-8H2,1-3H3,(H,23,26)/b21-6+,24-14+. The van der Waals surface area contributed by atoms with Gasteiger partial charge in [-0.3, -0.25) is 4.79 Å². The number of hydrogen-bond acceptors (Lipinski definition) is 7. The van der Waals surface area contributed by atoms with Gasteiger partial charge in [-0.05, 0) is 28.1 Å². The normalized spacial score (nSPS) is 12.4. The Morgan fingerprint density at radius 1 is 1.39 bits per heavy atom. The van der Waals surface area contributed by atoms with Crippen LogP contribution in [-0.2, 0) is 16.2 Å². The lowest BCUT2D eigenvalue weighted by molar-refractivity contribution is -0.125. The van der Waals surface area contributed by atoms with E-state index in [1.165, 1.54) is 12.5 Å². The average molecular weight is 516 g/mol. The van der Waals surface area contributed by atoms with Gasteiger partial charge in [-0.2, -0.15) is 10.2 Å². The summed E-state index contributed by atoms with van der Waals surface area (Å²) < 4.78 is 2.89. The molecule has 0 bridgehead atoms. The van der Waals surface area contributed by atoms with E-state index in [4.69, 9.17) is 4.84 Å². The van der Waals surface area contributed by atoms with Crippen LogP contribution in [0.3, 0.4) is 0 Å². The molecule has 0 fully saturated rings. The molecule has 0 atom stereocenters. The fraction of sp³-hybridized carbons (Fsp3) is 0.353. The van der Waals surface area contributed by atoms with Crippen LogP contribution >= 0.6 is 31.9 Å². The van der Waals surface area contributed by atoms with Crippen molar-refractivity contribution in [3.05, 3.63) is 39.3 Å². The lowest BCUT2D eigenvalue weighted by Crippen LogP contribution is -2.27. The predicted molar refractivity (Wildman–Crippen MR) is 112 cm³/mol. The monoisotopic (exact) mass is 514 g/mol. The summed E-state index contributed by atoms with van der Waals surface area (Å²) >= 11 is 6.55. The largest absolute Gasteiger partial charge is 0.506 e. The molecule has 0 saturated carbocycles. The zero-order valence-electron chi connectivity index (χ0n) is 15.6. The minimum absolute atomic E-state index is 0.0185. The Morgan fingerprint density at radius 2 is 2.14 bits per heavy atom. The predicted octanol–water partition coefficient (Wildman–Crippen LogP) is 3.08. The van der Waals surface area contributed by atoms with Crippen LogP contribution in [0.4, 0.5) is 0 Å². The Labute approximate surface area is 179 Å². The Hall–Kier alpha value is -2.27. The zero-order chi connectivity index (χ0) is 20.7. The number of oxime groups is 1. The molecule has 0 aliphatic rings.